The molecule has 8 heteroatoms. The summed E-state index contributed by atoms with van der Waals surface area (Å²) < 4.78 is 29.8. The summed E-state index contributed by atoms with van der Waals surface area (Å²) in [6.07, 6.45) is 1.78. The number of aliphatic imine (C=N–C) groups is 1. The Kier molecular flexibility index (Phi) is 10.7. The third-order valence-corrected chi connectivity index (χ3v) is 11.4. The molecule has 6 aromatic carbocycles. The molecular formula is C51H45NO7. The molecule has 1 aliphatic heterocycles. The molecule has 296 valence electrons. The van der Waals surface area contributed by atoms with E-state index in [1.807, 2.05) is 140 Å². The number of hydrogen-bond donors (Lipinski definition) is 1. The van der Waals surface area contributed by atoms with E-state index in [-0.39, 0.29) is 23.5 Å². The lowest BCUT2D eigenvalue weighted by Gasteiger charge is -2.51. The first kappa shape index (κ1) is 38.9. The maximum atomic E-state index is 15.0. The third-order valence-electron chi connectivity index (χ3n) is 11.4. The normalized spacial score (nSPS) is 18.7. The SMILES string of the molecule is COc1ccc(C(=CCC23OC(C)C(c4ccc(OC)cc4)(c4ccc(OC)cc4)N=C2/C(=C(\O)c2ccccc2)C(=O)c2ccccc23)c2ccc(OC)cc2)cc1. The second-order valence-electron chi connectivity index (χ2n) is 14.5. The highest BCUT2D eigenvalue weighted by atomic mass is 16.5. The van der Waals surface area contributed by atoms with Crippen LogP contribution in [0.4, 0.5) is 0 Å². The van der Waals surface area contributed by atoms with Crippen LogP contribution >= 0.6 is 0 Å². The van der Waals surface area contributed by atoms with E-state index >= 15 is 4.79 Å². The molecule has 0 bridgehead atoms. The number of aliphatic hydroxyl groups is 1. The van der Waals surface area contributed by atoms with E-state index in [4.69, 9.17) is 28.7 Å². The van der Waals surface area contributed by atoms with Crippen LogP contribution in [0.25, 0.3) is 11.3 Å². The zero-order chi connectivity index (χ0) is 41.1. The number of Topliss-reactive ketones (excluding diaryl/α,β-unsaturated/α-hetero) is 1. The standard InChI is InChI=1S/C51H45NO7/c1-33-51(37-19-27-41(57-4)28-20-37,38-21-29-42(58-5)30-22-38)52-49-46(47(53)36-11-7-6-8-12-36)48(54)44-13-9-10-14-45(44)50(49,59-33)32-31-43(34-15-23-39(55-2)24-16-34)35-17-25-40(56-3)26-18-35/h6-31,33,53H,32H2,1-5H3/b47-46-. The molecule has 1 heterocycles. The Bertz CT molecular complexity index is 2460. The molecule has 0 saturated carbocycles. The van der Waals surface area contributed by atoms with E-state index in [1.165, 1.54) is 0 Å². The average molecular weight is 784 g/mol. The predicted molar refractivity (Wildman–Crippen MR) is 231 cm³/mol. The van der Waals surface area contributed by atoms with Crippen molar-refractivity contribution in [2.24, 2.45) is 4.99 Å². The van der Waals surface area contributed by atoms with Gasteiger partial charge in [0.1, 0.15) is 39.9 Å². The number of rotatable bonds is 11. The van der Waals surface area contributed by atoms with Gasteiger partial charge in [0.05, 0.1) is 45.8 Å². The molecule has 0 saturated heterocycles. The van der Waals surface area contributed by atoms with Gasteiger partial charge in [0.25, 0.3) is 0 Å². The molecular weight excluding hydrogens is 739 g/mol. The Morgan fingerprint density at radius 3 is 1.58 bits per heavy atom. The second-order valence-corrected chi connectivity index (χ2v) is 14.5. The second kappa shape index (κ2) is 16.2. The van der Waals surface area contributed by atoms with E-state index in [0.29, 0.717) is 33.9 Å². The van der Waals surface area contributed by atoms with Gasteiger partial charge in [-0.1, -0.05) is 109 Å². The minimum atomic E-state index is -1.34. The molecule has 8 rings (SSSR count). The summed E-state index contributed by atoms with van der Waals surface area (Å²) in [4.78, 5) is 20.8. The van der Waals surface area contributed by atoms with Crippen molar-refractivity contribution in [1.82, 2.24) is 0 Å². The largest absolute Gasteiger partial charge is 0.506 e. The monoisotopic (exact) mass is 783 g/mol. The number of ketones is 1. The van der Waals surface area contributed by atoms with Gasteiger partial charge in [-0.2, -0.15) is 0 Å². The Morgan fingerprint density at radius 2 is 1.08 bits per heavy atom. The van der Waals surface area contributed by atoms with Gasteiger partial charge < -0.3 is 28.8 Å². The van der Waals surface area contributed by atoms with Crippen LogP contribution in [0.3, 0.4) is 0 Å². The number of nitrogens with zero attached hydrogens (tertiary/aromatic N) is 1. The van der Waals surface area contributed by atoms with Gasteiger partial charge in [-0.25, -0.2) is 0 Å². The predicted octanol–water partition coefficient (Wildman–Crippen LogP) is 10.4. The van der Waals surface area contributed by atoms with Gasteiger partial charge in [-0.3, -0.25) is 9.79 Å². The molecule has 1 N–H and O–H groups in total. The molecule has 0 aromatic heterocycles. The summed E-state index contributed by atoms with van der Waals surface area (Å²) in [5.74, 6) is 2.31. The summed E-state index contributed by atoms with van der Waals surface area (Å²) in [6.45, 7) is 2.02. The van der Waals surface area contributed by atoms with Crippen LogP contribution < -0.4 is 18.9 Å². The highest BCUT2D eigenvalue weighted by molar-refractivity contribution is 6.37. The fraction of sp³-hybridized carbons (Fsp3) is 0.176. The fourth-order valence-electron chi connectivity index (χ4n) is 8.38. The number of hydrogen-bond acceptors (Lipinski definition) is 8. The van der Waals surface area contributed by atoms with Crippen LogP contribution in [-0.4, -0.2) is 51.1 Å². The molecule has 8 nitrogen and oxygen atoms in total. The quantitative estimate of drug-likeness (QED) is 0.103. The summed E-state index contributed by atoms with van der Waals surface area (Å²) in [5, 5.41) is 12.4. The van der Waals surface area contributed by atoms with Crippen molar-refractivity contribution < 1.29 is 33.6 Å². The molecule has 2 unspecified atom stereocenters. The lowest BCUT2D eigenvalue weighted by atomic mass is 9.68. The van der Waals surface area contributed by atoms with Crippen LogP contribution in [0.15, 0.2) is 168 Å². The molecule has 0 amide bonds. The van der Waals surface area contributed by atoms with Crippen LogP contribution in [0.5, 0.6) is 23.0 Å². The van der Waals surface area contributed by atoms with E-state index in [1.54, 1.807) is 46.6 Å². The van der Waals surface area contributed by atoms with Gasteiger partial charge in [-0.05, 0) is 83.3 Å². The molecule has 0 radical (unpaired) electrons. The number of carbonyl (C=O) groups is 1. The summed E-state index contributed by atoms with van der Waals surface area (Å²) in [6, 6.07) is 47.9. The lowest BCUT2D eigenvalue weighted by Crippen LogP contribution is -2.57. The average Bonchev–Trinajstić information content (AvgIpc) is 3.30. The summed E-state index contributed by atoms with van der Waals surface area (Å²) in [7, 11) is 6.55. The first-order valence-corrected chi connectivity index (χ1v) is 19.5. The van der Waals surface area contributed by atoms with Gasteiger partial charge >= 0.3 is 0 Å². The summed E-state index contributed by atoms with van der Waals surface area (Å²) >= 11 is 0. The number of aliphatic hydroxyl groups excluding tert-OH is 1. The van der Waals surface area contributed by atoms with Crippen molar-refractivity contribution >= 4 is 22.8 Å². The van der Waals surface area contributed by atoms with Crippen LogP contribution in [0, 0.1) is 0 Å². The van der Waals surface area contributed by atoms with Gasteiger partial charge in [0.15, 0.2) is 5.78 Å². The van der Waals surface area contributed by atoms with Gasteiger partial charge in [0, 0.05) is 23.1 Å². The van der Waals surface area contributed by atoms with Gasteiger partial charge in [0.2, 0.25) is 0 Å². The van der Waals surface area contributed by atoms with Crippen LogP contribution in [-0.2, 0) is 15.9 Å². The molecule has 1 aliphatic carbocycles. The number of methoxy groups -OCH3 is 4. The van der Waals surface area contributed by atoms with Gasteiger partial charge in [-0.15, -0.1) is 0 Å². The highest BCUT2D eigenvalue weighted by Crippen LogP contribution is 2.53. The van der Waals surface area contributed by atoms with Crippen molar-refractivity contribution in [3.63, 3.8) is 0 Å². The first-order chi connectivity index (χ1) is 28.8. The lowest BCUT2D eigenvalue weighted by molar-refractivity contribution is -0.0843. The minimum Gasteiger partial charge on any atom is -0.506 e. The Hall–Kier alpha value is -6.90. The number of carbonyl (C=O) groups excluding carboxylic acids is 1. The maximum Gasteiger partial charge on any atom is 0.199 e. The van der Waals surface area contributed by atoms with E-state index in [9.17, 15) is 5.11 Å². The summed E-state index contributed by atoms with van der Waals surface area (Å²) in [5.41, 5.74) is 3.91. The van der Waals surface area contributed by atoms with Crippen molar-refractivity contribution in [2.45, 2.75) is 30.6 Å². The number of fused-ring (bicyclic) bond motifs is 3. The molecule has 2 aliphatic rings. The number of benzene rings is 6. The van der Waals surface area contributed by atoms with E-state index in [2.05, 4.69) is 6.08 Å². The Morgan fingerprint density at radius 1 is 0.627 bits per heavy atom. The van der Waals surface area contributed by atoms with E-state index in [0.717, 1.165) is 39.3 Å². The zero-order valence-electron chi connectivity index (χ0n) is 33.6. The Labute approximate surface area is 344 Å². The maximum absolute atomic E-state index is 15.0. The zero-order valence-corrected chi connectivity index (χ0v) is 33.6. The van der Waals surface area contributed by atoms with Crippen LogP contribution in [0.1, 0.15) is 57.1 Å². The molecule has 0 spiro atoms. The van der Waals surface area contributed by atoms with E-state index < -0.39 is 17.2 Å². The minimum absolute atomic E-state index is 0.0806. The van der Waals surface area contributed by atoms with Crippen molar-refractivity contribution in [3.05, 3.63) is 202 Å². The van der Waals surface area contributed by atoms with Crippen molar-refractivity contribution in [3.8, 4) is 23.0 Å². The highest BCUT2D eigenvalue weighted by Gasteiger charge is 2.58. The van der Waals surface area contributed by atoms with Crippen LogP contribution in [0.2, 0.25) is 0 Å². The number of ether oxygens (including phenoxy) is 5. The molecule has 2 atom stereocenters. The first-order valence-electron chi connectivity index (χ1n) is 19.5. The molecule has 6 aromatic rings. The third kappa shape index (κ3) is 6.85. The van der Waals surface area contributed by atoms with Crippen molar-refractivity contribution in [1.29, 1.82) is 0 Å². The smallest absolute Gasteiger partial charge is 0.199 e. The Balaban J connectivity index is 1.45. The molecule has 0 fully saturated rings. The van der Waals surface area contributed by atoms with Crippen molar-refractivity contribution in [2.75, 3.05) is 28.4 Å². The topological polar surface area (TPSA) is 95.8 Å². The molecule has 59 heavy (non-hydrogen) atoms. The fourth-order valence-corrected chi connectivity index (χ4v) is 8.38.